The number of nitrogens with zero attached hydrogens (tertiary/aromatic N) is 2. The number of piperidine rings is 1. The smallest absolute Gasteiger partial charge is 0.248 e. The van der Waals surface area contributed by atoms with Crippen LogP contribution in [0.1, 0.15) is 75.0 Å². The van der Waals surface area contributed by atoms with E-state index in [0.717, 1.165) is 25.7 Å². The third-order valence-corrected chi connectivity index (χ3v) is 8.60. The number of sulfonamides is 1. The minimum absolute atomic E-state index is 0.0274. The SMILES string of the molecule is Cc1noc(/C=C/c2ccco2)c1S(=O)(=O)N1CCCC(C(=O)NC2CCCCCCC2)C1. The quantitative estimate of drug-likeness (QED) is 0.665. The average Bonchev–Trinajstić information content (AvgIpc) is 3.43. The maximum absolute atomic E-state index is 13.5. The topological polar surface area (TPSA) is 106 Å². The molecule has 3 heterocycles. The Hall–Kier alpha value is -2.39. The number of carbonyl (C=O) groups is 1. The largest absolute Gasteiger partial charge is 0.465 e. The van der Waals surface area contributed by atoms with Gasteiger partial charge in [-0.1, -0.05) is 37.3 Å². The third-order valence-electron chi connectivity index (χ3n) is 6.58. The van der Waals surface area contributed by atoms with E-state index in [0.29, 0.717) is 30.8 Å². The van der Waals surface area contributed by atoms with Crippen molar-refractivity contribution in [2.45, 2.75) is 75.6 Å². The number of furan rings is 1. The first-order chi connectivity index (χ1) is 15.9. The average molecular weight is 476 g/mol. The number of hydrogen-bond donors (Lipinski definition) is 1. The molecular weight excluding hydrogens is 442 g/mol. The first kappa shape index (κ1) is 23.8. The maximum Gasteiger partial charge on any atom is 0.248 e. The molecule has 2 fully saturated rings. The molecule has 0 aromatic carbocycles. The Bertz CT molecular complexity index is 1050. The van der Waals surface area contributed by atoms with Gasteiger partial charge >= 0.3 is 0 Å². The van der Waals surface area contributed by atoms with Crippen LogP contribution >= 0.6 is 0 Å². The van der Waals surface area contributed by atoms with Crippen molar-refractivity contribution < 1.29 is 22.2 Å². The lowest BCUT2D eigenvalue weighted by atomic mass is 9.94. The third kappa shape index (κ3) is 5.76. The van der Waals surface area contributed by atoms with Crippen molar-refractivity contribution in [1.29, 1.82) is 0 Å². The zero-order valence-corrected chi connectivity index (χ0v) is 20.0. The van der Waals surface area contributed by atoms with Gasteiger partial charge in [0, 0.05) is 19.1 Å². The summed E-state index contributed by atoms with van der Waals surface area (Å²) in [6.07, 6.45) is 14.1. The van der Waals surface area contributed by atoms with Crippen molar-refractivity contribution >= 4 is 28.1 Å². The molecule has 1 aliphatic heterocycles. The molecule has 8 nitrogen and oxygen atoms in total. The van der Waals surface area contributed by atoms with Gasteiger partial charge < -0.3 is 14.3 Å². The molecule has 2 aromatic heterocycles. The number of nitrogens with one attached hydrogen (secondary N) is 1. The lowest BCUT2D eigenvalue weighted by Crippen LogP contribution is -2.47. The summed E-state index contributed by atoms with van der Waals surface area (Å²) < 4.78 is 39.0. The lowest BCUT2D eigenvalue weighted by Gasteiger charge is -2.32. The highest BCUT2D eigenvalue weighted by molar-refractivity contribution is 7.89. The molecule has 2 aliphatic rings. The molecule has 1 aliphatic carbocycles. The van der Waals surface area contributed by atoms with Crippen LogP contribution in [0.2, 0.25) is 0 Å². The van der Waals surface area contributed by atoms with Crippen molar-refractivity contribution in [2.75, 3.05) is 13.1 Å². The van der Waals surface area contributed by atoms with Gasteiger partial charge in [0.15, 0.2) is 10.7 Å². The molecule has 1 amide bonds. The Morgan fingerprint density at radius 1 is 1.12 bits per heavy atom. The van der Waals surface area contributed by atoms with Crippen LogP contribution < -0.4 is 5.32 Å². The zero-order valence-electron chi connectivity index (χ0n) is 19.2. The zero-order chi connectivity index (χ0) is 23.3. The van der Waals surface area contributed by atoms with Crippen molar-refractivity contribution in [3.63, 3.8) is 0 Å². The van der Waals surface area contributed by atoms with E-state index >= 15 is 0 Å². The summed E-state index contributed by atoms with van der Waals surface area (Å²) in [6.45, 7) is 2.16. The maximum atomic E-state index is 13.5. The molecule has 180 valence electrons. The Balaban J connectivity index is 1.46. The van der Waals surface area contributed by atoms with Crippen LogP contribution in [0.25, 0.3) is 12.2 Å². The van der Waals surface area contributed by atoms with Crippen LogP contribution in [0, 0.1) is 12.8 Å². The van der Waals surface area contributed by atoms with E-state index in [-0.39, 0.29) is 35.1 Å². The van der Waals surface area contributed by atoms with Crippen molar-refractivity contribution in [2.24, 2.45) is 5.92 Å². The first-order valence-electron chi connectivity index (χ1n) is 11.9. The van der Waals surface area contributed by atoms with Gasteiger partial charge in [-0.25, -0.2) is 8.42 Å². The number of carbonyl (C=O) groups excluding carboxylic acids is 1. The van der Waals surface area contributed by atoms with Gasteiger partial charge in [-0.15, -0.1) is 0 Å². The predicted octanol–water partition coefficient (Wildman–Crippen LogP) is 4.38. The molecule has 0 bridgehead atoms. The Morgan fingerprint density at radius 2 is 1.88 bits per heavy atom. The highest BCUT2D eigenvalue weighted by Crippen LogP contribution is 2.29. The van der Waals surface area contributed by atoms with E-state index in [1.807, 2.05) is 0 Å². The molecule has 2 aromatic rings. The minimum Gasteiger partial charge on any atom is -0.465 e. The number of amides is 1. The fourth-order valence-corrected chi connectivity index (χ4v) is 6.54. The van der Waals surface area contributed by atoms with Gasteiger partial charge in [0.05, 0.1) is 12.2 Å². The van der Waals surface area contributed by atoms with Gasteiger partial charge in [-0.05, 0) is 56.9 Å². The minimum atomic E-state index is -3.87. The van der Waals surface area contributed by atoms with Gasteiger partial charge in [0.1, 0.15) is 11.5 Å². The highest BCUT2D eigenvalue weighted by atomic mass is 32.2. The highest BCUT2D eigenvalue weighted by Gasteiger charge is 2.37. The van der Waals surface area contributed by atoms with Crippen LogP contribution in [-0.2, 0) is 14.8 Å². The molecule has 1 saturated carbocycles. The number of rotatable bonds is 6. The predicted molar refractivity (Wildman–Crippen MR) is 125 cm³/mol. The van der Waals surface area contributed by atoms with Gasteiger partial charge in [0.25, 0.3) is 0 Å². The Kier molecular flexibility index (Phi) is 7.70. The van der Waals surface area contributed by atoms with E-state index < -0.39 is 10.0 Å². The van der Waals surface area contributed by atoms with Crippen molar-refractivity contribution in [3.8, 4) is 0 Å². The summed E-state index contributed by atoms with van der Waals surface area (Å²) in [5, 5.41) is 7.09. The summed E-state index contributed by atoms with van der Waals surface area (Å²) in [6, 6.07) is 3.71. The molecule has 0 spiro atoms. The van der Waals surface area contributed by atoms with Gasteiger partial charge in [0.2, 0.25) is 15.9 Å². The second kappa shape index (κ2) is 10.7. The molecule has 4 rings (SSSR count). The van der Waals surface area contributed by atoms with Crippen LogP contribution in [0.4, 0.5) is 0 Å². The molecule has 1 unspecified atom stereocenters. The molecule has 0 radical (unpaired) electrons. The summed E-state index contributed by atoms with van der Waals surface area (Å²) >= 11 is 0. The lowest BCUT2D eigenvalue weighted by molar-refractivity contribution is -0.126. The standard InChI is InChI=1S/C24H33N3O5S/c1-18-23(22(32-26-18)14-13-21-12-8-16-31-21)33(29,30)27-15-7-9-19(17-27)24(28)25-20-10-5-3-2-4-6-11-20/h8,12-14,16,19-20H,2-7,9-11,15,17H2,1H3,(H,25,28)/b14-13+. The Labute approximate surface area is 195 Å². The van der Waals surface area contributed by atoms with Crippen molar-refractivity contribution in [3.05, 3.63) is 35.6 Å². The molecule has 1 atom stereocenters. The van der Waals surface area contributed by atoms with E-state index in [1.165, 1.54) is 23.6 Å². The van der Waals surface area contributed by atoms with E-state index in [2.05, 4.69) is 10.5 Å². The summed E-state index contributed by atoms with van der Waals surface area (Å²) in [5.41, 5.74) is 0.301. The second-order valence-electron chi connectivity index (χ2n) is 9.06. The number of aromatic nitrogens is 1. The van der Waals surface area contributed by atoms with E-state index in [4.69, 9.17) is 8.94 Å². The second-order valence-corrected chi connectivity index (χ2v) is 10.9. The normalized spacial score (nSPS) is 21.7. The van der Waals surface area contributed by atoms with Gasteiger partial charge in [-0.2, -0.15) is 4.31 Å². The first-order valence-corrected chi connectivity index (χ1v) is 13.4. The van der Waals surface area contributed by atoms with E-state index in [1.54, 1.807) is 37.5 Å². The molecule has 1 saturated heterocycles. The summed E-state index contributed by atoms with van der Waals surface area (Å²) in [7, 11) is -3.87. The fraction of sp³-hybridized carbons (Fsp3) is 0.583. The van der Waals surface area contributed by atoms with Crippen LogP contribution in [0.5, 0.6) is 0 Å². The summed E-state index contributed by atoms with van der Waals surface area (Å²) in [5.74, 6) is 0.364. The molecular formula is C24H33N3O5S. The number of aryl methyl sites for hydroxylation is 1. The van der Waals surface area contributed by atoms with Crippen LogP contribution in [0.15, 0.2) is 32.2 Å². The van der Waals surface area contributed by atoms with Gasteiger partial charge in [-0.3, -0.25) is 4.79 Å². The van der Waals surface area contributed by atoms with Crippen LogP contribution in [0.3, 0.4) is 0 Å². The van der Waals surface area contributed by atoms with Crippen molar-refractivity contribution in [1.82, 2.24) is 14.8 Å². The molecule has 9 heteroatoms. The summed E-state index contributed by atoms with van der Waals surface area (Å²) in [4.78, 5) is 13.1. The Morgan fingerprint density at radius 3 is 2.61 bits per heavy atom. The fourth-order valence-electron chi connectivity index (χ4n) is 4.77. The monoisotopic (exact) mass is 475 g/mol. The molecule has 33 heavy (non-hydrogen) atoms. The van der Waals surface area contributed by atoms with Crippen LogP contribution in [-0.4, -0.2) is 42.9 Å². The molecule has 1 N–H and O–H groups in total. The number of hydrogen-bond acceptors (Lipinski definition) is 6. The van der Waals surface area contributed by atoms with E-state index in [9.17, 15) is 13.2 Å².